The van der Waals surface area contributed by atoms with Crippen LogP contribution >= 0.6 is 0 Å². The lowest BCUT2D eigenvalue weighted by Crippen LogP contribution is -2.38. The minimum atomic E-state index is 0.809. The molecule has 24 heavy (non-hydrogen) atoms. The molecule has 0 aromatic heterocycles. The Balaban J connectivity index is 1.49. The van der Waals surface area contributed by atoms with Crippen LogP contribution in [0.3, 0.4) is 0 Å². The Labute approximate surface area is 145 Å². The molecule has 1 aliphatic heterocycles. The van der Waals surface area contributed by atoms with E-state index in [4.69, 9.17) is 4.74 Å². The Morgan fingerprint density at radius 2 is 1.92 bits per heavy atom. The van der Waals surface area contributed by atoms with E-state index in [2.05, 4.69) is 44.8 Å². The molecule has 132 valence electrons. The molecule has 1 aliphatic carbocycles. The van der Waals surface area contributed by atoms with Gasteiger partial charge in [0.1, 0.15) is 0 Å². The lowest BCUT2D eigenvalue weighted by Gasteiger charge is -2.27. The van der Waals surface area contributed by atoms with Gasteiger partial charge >= 0.3 is 0 Å². The zero-order valence-corrected chi connectivity index (χ0v) is 14.8. The summed E-state index contributed by atoms with van der Waals surface area (Å²) in [5.41, 5.74) is 2.73. The number of nitrogens with one attached hydrogen (secondary N) is 2. The second-order valence-electron chi connectivity index (χ2n) is 6.74. The average Bonchev–Trinajstić information content (AvgIpc) is 3.44. The molecule has 1 aromatic rings. The van der Waals surface area contributed by atoms with E-state index in [0.717, 1.165) is 57.8 Å². The summed E-state index contributed by atoms with van der Waals surface area (Å²) in [6.07, 6.45) is 4.07. The van der Waals surface area contributed by atoms with E-state index < -0.39 is 0 Å². The Kier molecular flexibility index (Phi) is 6.49. The van der Waals surface area contributed by atoms with Crippen LogP contribution in [0.25, 0.3) is 0 Å². The maximum absolute atomic E-state index is 5.44. The summed E-state index contributed by atoms with van der Waals surface area (Å²) in [6, 6.07) is 8.68. The van der Waals surface area contributed by atoms with Crippen molar-refractivity contribution in [3.63, 3.8) is 0 Å². The number of benzene rings is 1. The summed E-state index contributed by atoms with van der Waals surface area (Å²) >= 11 is 0. The summed E-state index contributed by atoms with van der Waals surface area (Å²) in [6.45, 7) is 6.55. The second-order valence-corrected chi connectivity index (χ2v) is 6.74. The van der Waals surface area contributed by atoms with Crippen molar-refractivity contribution in [3.8, 4) is 0 Å². The van der Waals surface area contributed by atoms with Crippen molar-refractivity contribution in [2.75, 3.05) is 39.9 Å². The van der Waals surface area contributed by atoms with E-state index in [1.165, 1.54) is 30.4 Å². The fourth-order valence-corrected chi connectivity index (χ4v) is 3.09. The maximum Gasteiger partial charge on any atom is 0.191 e. The maximum atomic E-state index is 5.44. The molecule has 0 atom stereocenters. The smallest absolute Gasteiger partial charge is 0.191 e. The van der Waals surface area contributed by atoms with Crippen LogP contribution in [0.4, 0.5) is 0 Å². The largest absolute Gasteiger partial charge is 0.379 e. The monoisotopic (exact) mass is 330 g/mol. The molecule has 2 N–H and O–H groups in total. The fourth-order valence-electron chi connectivity index (χ4n) is 3.09. The first-order chi connectivity index (χ1) is 11.8. The van der Waals surface area contributed by atoms with E-state index in [1.807, 2.05) is 7.05 Å². The number of hydrogen-bond donors (Lipinski definition) is 2. The third-order valence-electron chi connectivity index (χ3n) is 4.83. The van der Waals surface area contributed by atoms with Gasteiger partial charge in [0.2, 0.25) is 0 Å². The normalized spacial score (nSPS) is 19.3. The minimum Gasteiger partial charge on any atom is -0.379 e. The van der Waals surface area contributed by atoms with Crippen molar-refractivity contribution in [1.82, 2.24) is 15.5 Å². The summed E-state index contributed by atoms with van der Waals surface area (Å²) in [5.74, 6) is 1.85. The number of ether oxygens (including phenoxy) is 1. The highest BCUT2D eigenvalue weighted by atomic mass is 16.5. The van der Waals surface area contributed by atoms with Gasteiger partial charge in [-0.25, -0.2) is 0 Å². The zero-order valence-electron chi connectivity index (χ0n) is 14.8. The first kappa shape index (κ1) is 17.2. The molecule has 5 heteroatoms. The standard InChI is InChI=1S/C19H30N4O/c1-20-19(21-9-8-16-6-7-16)22-14-17-4-2-3-5-18(17)15-23-10-12-24-13-11-23/h2-5,16H,6-15H2,1H3,(H2,20,21,22). The van der Waals surface area contributed by atoms with E-state index in [-0.39, 0.29) is 0 Å². The molecule has 2 aliphatic rings. The third-order valence-corrected chi connectivity index (χ3v) is 4.83. The Morgan fingerprint density at radius 1 is 1.17 bits per heavy atom. The molecular formula is C19H30N4O. The molecule has 1 aromatic carbocycles. The van der Waals surface area contributed by atoms with E-state index in [1.54, 1.807) is 0 Å². The average molecular weight is 330 g/mol. The van der Waals surface area contributed by atoms with Gasteiger partial charge in [-0.3, -0.25) is 9.89 Å². The Bertz CT molecular complexity index is 536. The molecular weight excluding hydrogens is 300 g/mol. The van der Waals surface area contributed by atoms with Crippen molar-refractivity contribution in [2.45, 2.75) is 32.4 Å². The van der Waals surface area contributed by atoms with Crippen LogP contribution in [0.5, 0.6) is 0 Å². The van der Waals surface area contributed by atoms with Gasteiger partial charge in [-0.1, -0.05) is 37.1 Å². The quantitative estimate of drug-likeness (QED) is 0.593. The van der Waals surface area contributed by atoms with Gasteiger partial charge < -0.3 is 15.4 Å². The summed E-state index contributed by atoms with van der Waals surface area (Å²) in [5, 5.41) is 6.88. The van der Waals surface area contributed by atoms with Crippen molar-refractivity contribution in [1.29, 1.82) is 0 Å². The van der Waals surface area contributed by atoms with Crippen LogP contribution in [0.15, 0.2) is 29.3 Å². The number of morpholine rings is 1. The topological polar surface area (TPSA) is 48.9 Å². The molecule has 0 amide bonds. The van der Waals surface area contributed by atoms with Crippen LogP contribution in [-0.2, 0) is 17.8 Å². The van der Waals surface area contributed by atoms with Gasteiger partial charge in [-0.15, -0.1) is 0 Å². The summed E-state index contributed by atoms with van der Waals surface area (Å²) in [7, 11) is 1.84. The van der Waals surface area contributed by atoms with Crippen LogP contribution in [-0.4, -0.2) is 50.8 Å². The molecule has 1 saturated heterocycles. The third kappa shape index (κ3) is 5.49. The van der Waals surface area contributed by atoms with Crippen LogP contribution in [0.2, 0.25) is 0 Å². The predicted molar refractivity (Wildman–Crippen MR) is 98.1 cm³/mol. The number of rotatable bonds is 7. The van der Waals surface area contributed by atoms with Gasteiger partial charge in [0.15, 0.2) is 5.96 Å². The van der Waals surface area contributed by atoms with Crippen LogP contribution < -0.4 is 10.6 Å². The van der Waals surface area contributed by atoms with Gasteiger partial charge in [0.05, 0.1) is 13.2 Å². The molecule has 1 saturated carbocycles. The molecule has 2 fully saturated rings. The lowest BCUT2D eigenvalue weighted by molar-refractivity contribution is 0.0341. The summed E-state index contributed by atoms with van der Waals surface area (Å²) in [4.78, 5) is 6.80. The van der Waals surface area contributed by atoms with Crippen molar-refractivity contribution >= 4 is 5.96 Å². The van der Waals surface area contributed by atoms with Gasteiger partial charge in [-0.2, -0.15) is 0 Å². The van der Waals surface area contributed by atoms with Crippen molar-refractivity contribution in [3.05, 3.63) is 35.4 Å². The van der Waals surface area contributed by atoms with E-state index in [9.17, 15) is 0 Å². The fraction of sp³-hybridized carbons (Fsp3) is 0.632. The van der Waals surface area contributed by atoms with Crippen molar-refractivity contribution < 1.29 is 4.74 Å². The molecule has 0 bridgehead atoms. The number of nitrogens with zero attached hydrogens (tertiary/aromatic N) is 2. The van der Waals surface area contributed by atoms with Crippen molar-refractivity contribution in [2.24, 2.45) is 10.9 Å². The molecule has 0 spiro atoms. The van der Waals surface area contributed by atoms with Gasteiger partial charge in [0, 0.05) is 39.8 Å². The number of aliphatic imine (C=N–C) groups is 1. The highest BCUT2D eigenvalue weighted by Gasteiger charge is 2.20. The molecule has 0 radical (unpaired) electrons. The highest BCUT2D eigenvalue weighted by molar-refractivity contribution is 5.79. The second kappa shape index (κ2) is 9.04. The van der Waals surface area contributed by atoms with Gasteiger partial charge in [0.25, 0.3) is 0 Å². The van der Waals surface area contributed by atoms with Crippen LogP contribution in [0, 0.1) is 5.92 Å². The summed E-state index contributed by atoms with van der Waals surface area (Å²) < 4.78 is 5.44. The molecule has 5 nitrogen and oxygen atoms in total. The Morgan fingerprint density at radius 3 is 2.62 bits per heavy atom. The highest BCUT2D eigenvalue weighted by Crippen LogP contribution is 2.31. The predicted octanol–water partition coefficient (Wildman–Crippen LogP) is 1.98. The lowest BCUT2D eigenvalue weighted by atomic mass is 10.1. The van der Waals surface area contributed by atoms with E-state index in [0.29, 0.717) is 0 Å². The first-order valence-electron chi connectivity index (χ1n) is 9.16. The number of hydrogen-bond acceptors (Lipinski definition) is 3. The molecule has 3 rings (SSSR count). The first-order valence-corrected chi connectivity index (χ1v) is 9.16. The number of guanidine groups is 1. The zero-order chi connectivity index (χ0) is 16.6. The van der Waals surface area contributed by atoms with Gasteiger partial charge in [-0.05, 0) is 23.5 Å². The SMILES string of the molecule is CN=C(NCCC1CC1)NCc1ccccc1CN1CCOCC1. The molecule has 1 heterocycles. The van der Waals surface area contributed by atoms with E-state index >= 15 is 0 Å². The minimum absolute atomic E-state index is 0.809. The molecule has 0 unspecified atom stereocenters. The Hall–Kier alpha value is -1.59. The van der Waals surface area contributed by atoms with Crippen LogP contribution in [0.1, 0.15) is 30.4 Å².